The summed E-state index contributed by atoms with van der Waals surface area (Å²) in [5.74, 6) is 0.704. The largest absolute Gasteiger partial charge is 0.290 e. The van der Waals surface area contributed by atoms with Crippen LogP contribution < -0.4 is 5.56 Å². The minimum Gasteiger partial charge on any atom is -0.290 e. The van der Waals surface area contributed by atoms with Gasteiger partial charge in [0.2, 0.25) is 0 Å². The van der Waals surface area contributed by atoms with E-state index in [4.69, 9.17) is 0 Å². The second kappa shape index (κ2) is 5.61. The van der Waals surface area contributed by atoms with Crippen LogP contribution >= 0.6 is 23.1 Å². The van der Waals surface area contributed by atoms with Crippen LogP contribution in [0.2, 0.25) is 0 Å². The molecule has 3 rings (SSSR count). The Labute approximate surface area is 130 Å². The van der Waals surface area contributed by atoms with E-state index in [1.807, 2.05) is 32.0 Å². The molecule has 0 saturated heterocycles. The Balaban J connectivity index is 2.00. The number of aromatic nitrogens is 3. The highest BCUT2D eigenvalue weighted by atomic mass is 32.2. The number of hydrogen-bond donors (Lipinski definition) is 0. The third-order valence-electron chi connectivity index (χ3n) is 3.44. The molecule has 0 aliphatic heterocycles. The first-order valence-electron chi connectivity index (χ1n) is 6.57. The molecule has 4 nitrogen and oxygen atoms in total. The van der Waals surface area contributed by atoms with Crippen LogP contribution in [0.25, 0.3) is 10.2 Å². The molecule has 3 aromatic heterocycles. The summed E-state index contributed by atoms with van der Waals surface area (Å²) in [7, 11) is 1.78. The van der Waals surface area contributed by atoms with Crippen LogP contribution in [0.5, 0.6) is 0 Å². The van der Waals surface area contributed by atoms with Gasteiger partial charge in [0.1, 0.15) is 4.83 Å². The maximum Gasteiger partial charge on any atom is 0.262 e. The molecule has 0 aliphatic carbocycles. The number of fused-ring (bicyclic) bond motifs is 1. The van der Waals surface area contributed by atoms with E-state index in [-0.39, 0.29) is 5.56 Å². The maximum absolute atomic E-state index is 12.5. The fraction of sp³-hybridized carbons (Fsp3) is 0.267. The van der Waals surface area contributed by atoms with Gasteiger partial charge in [0.25, 0.3) is 5.56 Å². The van der Waals surface area contributed by atoms with E-state index in [1.54, 1.807) is 40.9 Å². The molecule has 0 saturated carbocycles. The Bertz CT molecular complexity index is 853. The summed E-state index contributed by atoms with van der Waals surface area (Å²) < 4.78 is 1.63. The normalized spacial score (nSPS) is 11.2. The van der Waals surface area contributed by atoms with Crippen LogP contribution in [0.3, 0.4) is 0 Å². The number of thioether (sulfide) groups is 1. The number of pyridine rings is 1. The molecule has 0 fully saturated rings. The number of aryl methyl sites for hydroxylation is 2. The van der Waals surface area contributed by atoms with Gasteiger partial charge in [0, 0.05) is 23.9 Å². The molecule has 0 aromatic carbocycles. The lowest BCUT2D eigenvalue weighted by molar-refractivity contribution is 0.727. The molecule has 0 amide bonds. The number of rotatable bonds is 3. The van der Waals surface area contributed by atoms with E-state index in [9.17, 15) is 4.79 Å². The van der Waals surface area contributed by atoms with Crippen LogP contribution in [0.4, 0.5) is 0 Å². The molecule has 3 aromatic rings. The third-order valence-corrected chi connectivity index (χ3v) is 5.61. The van der Waals surface area contributed by atoms with Crippen molar-refractivity contribution < 1.29 is 0 Å². The lowest BCUT2D eigenvalue weighted by Crippen LogP contribution is -2.19. The van der Waals surface area contributed by atoms with Crippen molar-refractivity contribution in [2.45, 2.75) is 24.8 Å². The van der Waals surface area contributed by atoms with Gasteiger partial charge in [-0.3, -0.25) is 14.3 Å². The quantitative estimate of drug-likeness (QED) is 0.549. The van der Waals surface area contributed by atoms with Gasteiger partial charge in [-0.05, 0) is 31.5 Å². The van der Waals surface area contributed by atoms with Crippen molar-refractivity contribution >= 4 is 33.3 Å². The van der Waals surface area contributed by atoms with Gasteiger partial charge in [-0.25, -0.2) is 4.98 Å². The Hall–Kier alpha value is -1.66. The van der Waals surface area contributed by atoms with E-state index >= 15 is 0 Å². The van der Waals surface area contributed by atoms with E-state index in [0.29, 0.717) is 5.75 Å². The summed E-state index contributed by atoms with van der Waals surface area (Å²) in [4.78, 5) is 23.4. The summed E-state index contributed by atoms with van der Waals surface area (Å²) in [5, 5.41) is 1.49. The topological polar surface area (TPSA) is 47.8 Å². The van der Waals surface area contributed by atoms with Gasteiger partial charge >= 0.3 is 0 Å². The van der Waals surface area contributed by atoms with Crippen molar-refractivity contribution in [1.29, 1.82) is 0 Å². The molecule has 6 heteroatoms. The predicted molar refractivity (Wildman–Crippen MR) is 88.1 cm³/mol. The maximum atomic E-state index is 12.5. The molecule has 0 atom stereocenters. The molecular weight excluding hydrogens is 302 g/mol. The highest BCUT2D eigenvalue weighted by Gasteiger charge is 2.14. The first-order chi connectivity index (χ1) is 10.1. The smallest absolute Gasteiger partial charge is 0.262 e. The lowest BCUT2D eigenvalue weighted by Gasteiger charge is -2.06. The van der Waals surface area contributed by atoms with Crippen molar-refractivity contribution in [3.8, 4) is 0 Å². The first kappa shape index (κ1) is 14.3. The second-order valence-electron chi connectivity index (χ2n) is 4.83. The van der Waals surface area contributed by atoms with Gasteiger partial charge in [0.05, 0.1) is 11.1 Å². The monoisotopic (exact) mass is 317 g/mol. The van der Waals surface area contributed by atoms with Crippen LogP contribution in [0.15, 0.2) is 34.3 Å². The van der Waals surface area contributed by atoms with Gasteiger partial charge in [-0.1, -0.05) is 17.8 Å². The molecule has 3 heterocycles. The van der Waals surface area contributed by atoms with Crippen LogP contribution in [0.1, 0.15) is 16.1 Å². The Morgan fingerprint density at radius 2 is 2.14 bits per heavy atom. The second-order valence-corrected chi connectivity index (χ2v) is 6.98. The van der Waals surface area contributed by atoms with Gasteiger partial charge < -0.3 is 0 Å². The van der Waals surface area contributed by atoms with Gasteiger partial charge in [0.15, 0.2) is 5.16 Å². The zero-order valence-electron chi connectivity index (χ0n) is 12.1. The van der Waals surface area contributed by atoms with E-state index in [0.717, 1.165) is 31.5 Å². The predicted octanol–water partition coefficient (Wildman–Crippen LogP) is 3.30. The van der Waals surface area contributed by atoms with Crippen molar-refractivity contribution in [2.75, 3.05) is 0 Å². The summed E-state index contributed by atoms with van der Waals surface area (Å²) in [6.45, 7) is 4.01. The Kier molecular flexibility index (Phi) is 3.82. The molecule has 108 valence electrons. The highest BCUT2D eigenvalue weighted by molar-refractivity contribution is 7.98. The number of nitrogens with zero attached hydrogens (tertiary/aromatic N) is 3. The van der Waals surface area contributed by atoms with Crippen LogP contribution in [-0.4, -0.2) is 14.5 Å². The molecule has 0 bridgehead atoms. The molecule has 21 heavy (non-hydrogen) atoms. The summed E-state index contributed by atoms with van der Waals surface area (Å²) in [6, 6.07) is 5.83. The lowest BCUT2D eigenvalue weighted by atomic mass is 10.2. The summed E-state index contributed by atoms with van der Waals surface area (Å²) in [5.41, 5.74) is 2.06. The molecule has 0 radical (unpaired) electrons. The van der Waals surface area contributed by atoms with Crippen LogP contribution in [-0.2, 0) is 12.8 Å². The van der Waals surface area contributed by atoms with Crippen molar-refractivity contribution in [3.63, 3.8) is 0 Å². The zero-order chi connectivity index (χ0) is 15.0. The minimum atomic E-state index is 0.0328. The Morgan fingerprint density at radius 1 is 1.33 bits per heavy atom. The third kappa shape index (κ3) is 2.61. The minimum absolute atomic E-state index is 0.0328. The molecule has 0 aliphatic rings. The van der Waals surface area contributed by atoms with E-state index in [2.05, 4.69) is 9.97 Å². The Morgan fingerprint density at radius 3 is 2.86 bits per heavy atom. The van der Waals surface area contributed by atoms with Crippen molar-refractivity contribution in [3.05, 3.63) is 50.9 Å². The molecular formula is C15H15N3OS2. The fourth-order valence-electron chi connectivity index (χ4n) is 2.11. The van der Waals surface area contributed by atoms with Gasteiger partial charge in [-0.2, -0.15) is 0 Å². The first-order valence-corrected chi connectivity index (χ1v) is 8.37. The average Bonchev–Trinajstić information content (AvgIpc) is 2.77. The molecule has 0 spiro atoms. The molecule has 0 N–H and O–H groups in total. The summed E-state index contributed by atoms with van der Waals surface area (Å²) >= 11 is 3.12. The van der Waals surface area contributed by atoms with Crippen molar-refractivity contribution in [2.24, 2.45) is 7.05 Å². The number of hydrogen-bond acceptors (Lipinski definition) is 5. The van der Waals surface area contributed by atoms with Gasteiger partial charge in [-0.15, -0.1) is 11.3 Å². The number of thiophene rings is 1. The highest BCUT2D eigenvalue weighted by Crippen LogP contribution is 2.28. The average molecular weight is 317 g/mol. The SMILES string of the molecule is Cc1sc2nc(SCc3ccccn3)n(C)c(=O)c2c1C. The van der Waals surface area contributed by atoms with E-state index in [1.165, 1.54) is 0 Å². The molecule has 0 unspecified atom stereocenters. The van der Waals surface area contributed by atoms with Crippen LogP contribution in [0, 0.1) is 13.8 Å². The van der Waals surface area contributed by atoms with E-state index < -0.39 is 0 Å². The standard InChI is InChI=1S/C15H15N3OS2/c1-9-10(2)21-13-12(9)14(19)18(3)15(17-13)20-8-11-6-4-5-7-16-11/h4-7H,8H2,1-3H3. The summed E-state index contributed by atoms with van der Waals surface area (Å²) in [6.07, 6.45) is 1.78. The van der Waals surface area contributed by atoms with Crippen molar-refractivity contribution in [1.82, 2.24) is 14.5 Å². The fourth-order valence-corrected chi connectivity index (χ4v) is 4.06. The zero-order valence-corrected chi connectivity index (χ0v) is 13.7.